The number of hydrogen-bond donors (Lipinski definition) is 0. The van der Waals surface area contributed by atoms with Crippen LogP contribution in [-0.4, -0.2) is 33.2 Å². The molecule has 0 saturated carbocycles. The number of aliphatic imine (C=N–C) groups is 1. The molecule has 2 heterocycles. The van der Waals surface area contributed by atoms with Crippen LogP contribution in [0.3, 0.4) is 0 Å². The maximum Gasteiger partial charge on any atom is 0.363 e. The number of benzene rings is 1. The SMILES string of the molecule is COc1cc(C2=N/C(=C/C=C/c3ccco3)C(=O)O2)cc(OC)c1OC. The van der Waals surface area contributed by atoms with Gasteiger partial charge >= 0.3 is 5.97 Å². The van der Waals surface area contributed by atoms with Crippen LogP contribution in [0.15, 0.2) is 57.8 Å². The summed E-state index contributed by atoms with van der Waals surface area (Å²) in [5.74, 6) is 1.61. The molecule has 0 amide bonds. The Labute approximate surface area is 150 Å². The van der Waals surface area contributed by atoms with Crippen molar-refractivity contribution in [2.75, 3.05) is 21.3 Å². The number of carbonyl (C=O) groups is 1. The second-order valence-electron chi connectivity index (χ2n) is 5.15. The summed E-state index contributed by atoms with van der Waals surface area (Å²) < 4.78 is 26.3. The Bertz CT molecular complexity index is 868. The Kier molecular flexibility index (Phi) is 5.07. The van der Waals surface area contributed by atoms with Gasteiger partial charge in [-0.1, -0.05) is 6.08 Å². The zero-order valence-electron chi connectivity index (χ0n) is 14.5. The number of ether oxygens (including phenoxy) is 4. The van der Waals surface area contributed by atoms with Crippen molar-refractivity contribution < 1.29 is 28.2 Å². The van der Waals surface area contributed by atoms with E-state index in [9.17, 15) is 4.79 Å². The number of nitrogens with zero attached hydrogens (tertiary/aromatic N) is 1. The second-order valence-corrected chi connectivity index (χ2v) is 5.15. The zero-order chi connectivity index (χ0) is 18.5. The topological polar surface area (TPSA) is 79.5 Å². The highest BCUT2D eigenvalue weighted by atomic mass is 16.6. The average Bonchev–Trinajstić information content (AvgIpc) is 3.30. The van der Waals surface area contributed by atoms with Crippen LogP contribution < -0.4 is 14.2 Å². The lowest BCUT2D eigenvalue weighted by molar-refractivity contribution is -0.130. The molecule has 0 radical (unpaired) electrons. The predicted octanol–water partition coefficient (Wildman–Crippen LogP) is 3.21. The molecule has 0 unspecified atom stereocenters. The number of furan rings is 1. The van der Waals surface area contributed by atoms with E-state index in [0.29, 0.717) is 28.6 Å². The van der Waals surface area contributed by atoms with Crippen molar-refractivity contribution in [2.45, 2.75) is 0 Å². The Balaban J connectivity index is 1.91. The van der Waals surface area contributed by atoms with Gasteiger partial charge in [-0.25, -0.2) is 9.79 Å². The maximum atomic E-state index is 12.0. The van der Waals surface area contributed by atoms with Crippen LogP contribution >= 0.6 is 0 Å². The van der Waals surface area contributed by atoms with Gasteiger partial charge in [-0.05, 0) is 36.4 Å². The molecule has 0 spiro atoms. The van der Waals surface area contributed by atoms with Crippen molar-refractivity contribution in [1.82, 2.24) is 0 Å². The molecule has 2 aromatic rings. The molecule has 1 aliphatic heterocycles. The minimum Gasteiger partial charge on any atom is -0.493 e. The third-order valence-electron chi connectivity index (χ3n) is 3.59. The van der Waals surface area contributed by atoms with Gasteiger partial charge < -0.3 is 23.4 Å². The summed E-state index contributed by atoms with van der Waals surface area (Å²) in [7, 11) is 4.53. The quantitative estimate of drug-likeness (QED) is 0.585. The van der Waals surface area contributed by atoms with Crippen molar-refractivity contribution >= 4 is 17.9 Å². The van der Waals surface area contributed by atoms with Crippen LogP contribution in [0.25, 0.3) is 6.08 Å². The van der Waals surface area contributed by atoms with E-state index in [-0.39, 0.29) is 11.6 Å². The molecule has 1 aromatic heterocycles. The normalized spacial score (nSPS) is 15.3. The fourth-order valence-electron chi connectivity index (χ4n) is 2.37. The van der Waals surface area contributed by atoms with Crippen molar-refractivity contribution in [2.24, 2.45) is 4.99 Å². The third kappa shape index (κ3) is 3.46. The van der Waals surface area contributed by atoms with Crippen LogP contribution in [-0.2, 0) is 9.53 Å². The monoisotopic (exact) mass is 355 g/mol. The van der Waals surface area contributed by atoms with E-state index < -0.39 is 5.97 Å². The first-order valence-corrected chi connectivity index (χ1v) is 7.69. The van der Waals surface area contributed by atoms with E-state index >= 15 is 0 Å². The molecule has 0 aliphatic carbocycles. The van der Waals surface area contributed by atoms with Gasteiger partial charge in [0.25, 0.3) is 0 Å². The summed E-state index contributed by atoms with van der Waals surface area (Å²) in [4.78, 5) is 16.3. The van der Waals surface area contributed by atoms with Crippen molar-refractivity contribution in [3.8, 4) is 17.2 Å². The summed E-state index contributed by atoms with van der Waals surface area (Å²) in [6, 6.07) is 6.90. The van der Waals surface area contributed by atoms with Gasteiger partial charge in [0.2, 0.25) is 11.6 Å². The Morgan fingerprint density at radius 2 is 1.81 bits per heavy atom. The highest BCUT2D eigenvalue weighted by Gasteiger charge is 2.26. The Morgan fingerprint density at radius 3 is 2.38 bits per heavy atom. The van der Waals surface area contributed by atoms with Gasteiger partial charge in [0, 0.05) is 5.56 Å². The molecule has 1 aromatic carbocycles. The standard InChI is InChI=1S/C19H17NO6/c1-22-15-10-12(11-16(23-2)17(15)24-3)18-20-14(19(21)26-18)8-4-6-13-7-5-9-25-13/h4-11H,1-3H3/b6-4+,14-8+. The van der Waals surface area contributed by atoms with E-state index in [0.717, 1.165) is 0 Å². The van der Waals surface area contributed by atoms with Crippen molar-refractivity contribution in [1.29, 1.82) is 0 Å². The first kappa shape index (κ1) is 17.3. The van der Waals surface area contributed by atoms with Crippen LogP contribution in [0.1, 0.15) is 11.3 Å². The fourth-order valence-corrected chi connectivity index (χ4v) is 2.37. The number of hydrogen-bond acceptors (Lipinski definition) is 7. The lowest BCUT2D eigenvalue weighted by atomic mass is 10.2. The smallest absolute Gasteiger partial charge is 0.363 e. The summed E-state index contributed by atoms with van der Waals surface area (Å²) in [6.07, 6.45) is 6.50. The summed E-state index contributed by atoms with van der Waals surface area (Å²) >= 11 is 0. The molecule has 26 heavy (non-hydrogen) atoms. The van der Waals surface area contributed by atoms with Gasteiger partial charge in [-0.3, -0.25) is 0 Å². The number of methoxy groups -OCH3 is 3. The highest BCUT2D eigenvalue weighted by Crippen LogP contribution is 2.38. The number of cyclic esters (lactones) is 1. The molecule has 7 heteroatoms. The van der Waals surface area contributed by atoms with E-state index in [2.05, 4.69) is 4.99 Å². The largest absolute Gasteiger partial charge is 0.493 e. The molecule has 134 valence electrons. The molecular weight excluding hydrogens is 338 g/mol. The molecule has 3 rings (SSSR count). The fraction of sp³-hybridized carbons (Fsp3) is 0.158. The zero-order valence-corrected chi connectivity index (χ0v) is 14.5. The number of carbonyl (C=O) groups excluding carboxylic acids is 1. The average molecular weight is 355 g/mol. The Hall–Kier alpha value is -3.48. The first-order chi connectivity index (χ1) is 12.7. The van der Waals surface area contributed by atoms with Crippen LogP contribution in [0.2, 0.25) is 0 Å². The van der Waals surface area contributed by atoms with Crippen LogP contribution in [0.5, 0.6) is 17.2 Å². The van der Waals surface area contributed by atoms with E-state index in [1.165, 1.54) is 21.3 Å². The molecule has 0 N–H and O–H groups in total. The first-order valence-electron chi connectivity index (χ1n) is 7.69. The lowest BCUT2D eigenvalue weighted by Gasteiger charge is -2.13. The van der Waals surface area contributed by atoms with Crippen LogP contribution in [0.4, 0.5) is 0 Å². The maximum absolute atomic E-state index is 12.0. The van der Waals surface area contributed by atoms with Gasteiger partial charge in [0.05, 0.1) is 27.6 Å². The number of rotatable bonds is 6. The van der Waals surface area contributed by atoms with Crippen LogP contribution in [0, 0.1) is 0 Å². The minimum atomic E-state index is -0.544. The Morgan fingerprint density at radius 1 is 1.08 bits per heavy atom. The molecule has 1 aliphatic rings. The molecule has 7 nitrogen and oxygen atoms in total. The predicted molar refractivity (Wildman–Crippen MR) is 94.6 cm³/mol. The molecule has 0 fully saturated rings. The highest BCUT2D eigenvalue weighted by molar-refractivity contribution is 6.11. The van der Waals surface area contributed by atoms with Gasteiger partial charge in [0.15, 0.2) is 17.2 Å². The van der Waals surface area contributed by atoms with Gasteiger partial charge in [-0.2, -0.15) is 0 Å². The molecular formula is C19H17NO6. The second kappa shape index (κ2) is 7.60. The van der Waals surface area contributed by atoms with Gasteiger partial charge in [-0.15, -0.1) is 0 Å². The van der Waals surface area contributed by atoms with E-state index in [1.807, 2.05) is 0 Å². The third-order valence-corrected chi connectivity index (χ3v) is 3.59. The summed E-state index contributed by atoms with van der Waals surface area (Å²) in [5, 5.41) is 0. The summed E-state index contributed by atoms with van der Waals surface area (Å²) in [5.41, 5.74) is 0.711. The molecule has 0 atom stereocenters. The van der Waals surface area contributed by atoms with Crippen molar-refractivity contribution in [3.63, 3.8) is 0 Å². The minimum absolute atomic E-state index is 0.159. The molecule has 0 bridgehead atoms. The molecule has 0 saturated heterocycles. The lowest BCUT2D eigenvalue weighted by Crippen LogP contribution is -2.06. The van der Waals surface area contributed by atoms with Gasteiger partial charge in [0.1, 0.15) is 5.76 Å². The van der Waals surface area contributed by atoms with E-state index in [1.54, 1.807) is 48.8 Å². The van der Waals surface area contributed by atoms with Crippen molar-refractivity contribution in [3.05, 3.63) is 59.7 Å². The van der Waals surface area contributed by atoms with E-state index in [4.69, 9.17) is 23.4 Å². The number of allylic oxidation sites excluding steroid dienone is 2. The summed E-state index contributed by atoms with van der Waals surface area (Å²) in [6.45, 7) is 0. The number of esters is 1.